The summed E-state index contributed by atoms with van der Waals surface area (Å²) in [5.41, 5.74) is 4.37. The van der Waals surface area contributed by atoms with E-state index >= 15 is 0 Å². The standard InChI is InChI=1S/C25H24N2O2/c1-18(20-12-6-3-7-13-20)26-16-22-21-14-8-9-15-23(21)27(24(22)25(28)29)17-19-10-4-2-5-11-19/h2-15,18,26H,16-17H2,1H3,(H,28,29)/t18-/m1/s1. The van der Waals surface area contributed by atoms with Crippen molar-refractivity contribution >= 4 is 16.9 Å². The van der Waals surface area contributed by atoms with Crippen LogP contribution in [0, 0.1) is 0 Å². The summed E-state index contributed by atoms with van der Waals surface area (Å²) in [6.45, 7) is 3.11. The van der Waals surface area contributed by atoms with Crippen molar-refractivity contribution in [3.63, 3.8) is 0 Å². The fourth-order valence-electron chi connectivity index (χ4n) is 3.84. The summed E-state index contributed by atoms with van der Waals surface area (Å²) in [7, 11) is 0. The van der Waals surface area contributed by atoms with Gasteiger partial charge in [-0.1, -0.05) is 78.9 Å². The Balaban J connectivity index is 1.73. The number of nitrogens with one attached hydrogen (secondary N) is 1. The summed E-state index contributed by atoms with van der Waals surface area (Å²) >= 11 is 0. The maximum Gasteiger partial charge on any atom is 0.352 e. The normalized spacial score (nSPS) is 12.2. The zero-order valence-electron chi connectivity index (χ0n) is 16.4. The molecule has 0 aliphatic carbocycles. The zero-order valence-corrected chi connectivity index (χ0v) is 16.4. The molecule has 0 fully saturated rings. The number of carbonyl (C=O) groups is 1. The lowest BCUT2D eigenvalue weighted by molar-refractivity contribution is 0.0684. The molecule has 0 bridgehead atoms. The molecule has 1 heterocycles. The smallest absolute Gasteiger partial charge is 0.352 e. The second kappa shape index (κ2) is 8.33. The Morgan fingerprint density at radius 1 is 0.931 bits per heavy atom. The average Bonchev–Trinajstić information content (AvgIpc) is 3.07. The van der Waals surface area contributed by atoms with Crippen LogP contribution in [0.1, 0.15) is 40.1 Å². The van der Waals surface area contributed by atoms with Crippen LogP contribution in [0.25, 0.3) is 10.9 Å². The van der Waals surface area contributed by atoms with Crippen LogP contribution in [0.2, 0.25) is 0 Å². The van der Waals surface area contributed by atoms with Crippen LogP contribution in [0.15, 0.2) is 84.9 Å². The molecule has 4 nitrogen and oxygen atoms in total. The van der Waals surface area contributed by atoms with Gasteiger partial charge in [-0.05, 0) is 24.1 Å². The molecule has 0 radical (unpaired) electrons. The van der Waals surface area contributed by atoms with Crippen LogP contribution in [0.3, 0.4) is 0 Å². The van der Waals surface area contributed by atoms with E-state index in [1.165, 1.54) is 5.56 Å². The zero-order chi connectivity index (χ0) is 20.2. The van der Waals surface area contributed by atoms with Gasteiger partial charge in [-0.2, -0.15) is 0 Å². The van der Waals surface area contributed by atoms with Crippen molar-refractivity contribution in [1.29, 1.82) is 0 Å². The highest BCUT2D eigenvalue weighted by Crippen LogP contribution is 2.28. The monoisotopic (exact) mass is 384 g/mol. The molecular formula is C25H24N2O2. The first-order valence-electron chi connectivity index (χ1n) is 9.81. The molecule has 2 N–H and O–H groups in total. The summed E-state index contributed by atoms with van der Waals surface area (Å²) in [5, 5.41) is 14.5. The highest BCUT2D eigenvalue weighted by Gasteiger charge is 2.22. The largest absolute Gasteiger partial charge is 0.477 e. The second-order valence-electron chi connectivity index (χ2n) is 7.23. The topological polar surface area (TPSA) is 54.3 Å². The van der Waals surface area contributed by atoms with Crippen molar-refractivity contribution < 1.29 is 9.90 Å². The fraction of sp³-hybridized carbons (Fsp3) is 0.160. The van der Waals surface area contributed by atoms with E-state index in [1.54, 1.807) is 0 Å². The molecule has 0 saturated heterocycles. The Hall–Kier alpha value is -3.37. The Morgan fingerprint density at radius 3 is 2.24 bits per heavy atom. The van der Waals surface area contributed by atoms with Gasteiger partial charge in [0.2, 0.25) is 0 Å². The summed E-state index contributed by atoms with van der Waals surface area (Å²) in [6.07, 6.45) is 0. The minimum absolute atomic E-state index is 0.120. The first-order chi connectivity index (χ1) is 14.1. The van der Waals surface area contributed by atoms with Gasteiger partial charge in [0.15, 0.2) is 0 Å². The lowest BCUT2D eigenvalue weighted by Crippen LogP contribution is -2.20. The Bertz CT molecular complexity index is 1120. The van der Waals surface area contributed by atoms with Crippen LogP contribution in [-0.4, -0.2) is 15.6 Å². The lowest BCUT2D eigenvalue weighted by atomic mass is 10.1. The van der Waals surface area contributed by atoms with Gasteiger partial charge in [0.25, 0.3) is 0 Å². The lowest BCUT2D eigenvalue weighted by Gasteiger charge is -2.15. The average molecular weight is 384 g/mol. The van der Waals surface area contributed by atoms with Crippen LogP contribution < -0.4 is 5.32 Å². The number of benzene rings is 3. The maximum absolute atomic E-state index is 12.3. The predicted octanol–water partition coefficient (Wildman–Crippen LogP) is 5.24. The molecule has 4 aromatic rings. The Labute approximate surface area is 170 Å². The first kappa shape index (κ1) is 19.0. The summed E-state index contributed by atoms with van der Waals surface area (Å²) in [6, 6.07) is 28.2. The molecule has 0 amide bonds. The molecule has 0 aliphatic rings. The number of aromatic nitrogens is 1. The van der Waals surface area contributed by atoms with Crippen molar-refractivity contribution in [3.8, 4) is 0 Å². The SMILES string of the molecule is C[C@@H](NCc1c(C(=O)O)n(Cc2ccccc2)c2ccccc12)c1ccccc1. The second-order valence-corrected chi connectivity index (χ2v) is 7.23. The highest BCUT2D eigenvalue weighted by molar-refractivity contribution is 5.98. The predicted molar refractivity (Wildman–Crippen MR) is 116 cm³/mol. The van der Waals surface area contributed by atoms with Crippen LogP contribution in [0.4, 0.5) is 0 Å². The molecule has 3 aromatic carbocycles. The van der Waals surface area contributed by atoms with Gasteiger partial charge < -0.3 is 15.0 Å². The fourth-order valence-corrected chi connectivity index (χ4v) is 3.84. The minimum atomic E-state index is -0.902. The van der Waals surface area contributed by atoms with E-state index in [-0.39, 0.29) is 6.04 Å². The van der Waals surface area contributed by atoms with Crippen LogP contribution in [-0.2, 0) is 13.1 Å². The van der Waals surface area contributed by atoms with E-state index in [2.05, 4.69) is 24.4 Å². The third kappa shape index (κ3) is 3.93. The molecule has 1 atom stereocenters. The number of carboxylic acids is 1. The third-order valence-corrected chi connectivity index (χ3v) is 5.35. The van der Waals surface area contributed by atoms with Gasteiger partial charge in [-0.25, -0.2) is 4.79 Å². The number of nitrogens with zero attached hydrogens (tertiary/aromatic N) is 1. The van der Waals surface area contributed by atoms with Gasteiger partial charge in [-0.15, -0.1) is 0 Å². The van der Waals surface area contributed by atoms with Gasteiger partial charge in [-0.3, -0.25) is 0 Å². The Kier molecular flexibility index (Phi) is 5.45. The molecule has 146 valence electrons. The molecule has 4 heteroatoms. The van der Waals surface area contributed by atoms with Gasteiger partial charge in [0.05, 0.1) is 0 Å². The summed E-state index contributed by atoms with van der Waals surface area (Å²) in [5.74, 6) is -0.902. The van der Waals surface area contributed by atoms with Crippen LogP contribution >= 0.6 is 0 Å². The van der Waals surface area contributed by atoms with Crippen molar-refractivity contribution in [2.24, 2.45) is 0 Å². The first-order valence-corrected chi connectivity index (χ1v) is 9.81. The number of fused-ring (bicyclic) bond motifs is 1. The molecule has 0 spiro atoms. The highest BCUT2D eigenvalue weighted by atomic mass is 16.4. The van der Waals surface area contributed by atoms with Crippen molar-refractivity contribution in [3.05, 3.63) is 107 Å². The number of hydrogen-bond acceptors (Lipinski definition) is 2. The maximum atomic E-state index is 12.3. The van der Waals surface area contributed by atoms with Gasteiger partial charge in [0.1, 0.15) is 5.69 Å². The van der Waals surface area contributed by atoms with Gasteiger partial charge in [0, 0.05) is 35.6 Å². The Morgan fingerprint density at radius 2 is 1.55 bits per heavy atom. The van der Waals surface area contributed by atoms with E-state index in [0.29, 0.717) is 18.8 Å². The van der Waals surface area contributed by atoms with Crippen molar-refractivity contribution in [2.45, 2.75) is 26.1 Å². The number of rotatable bonds is 7. The number of para-hydroxylation sites is 1. The molecular weight excluding hydrogens is 360 g/mol. The van der Waals surface area contributed by atoms with E-state index in [9.17, 15) is 9.90 Å². The number of carboxylic acid groups (broad SMARTS) is 1. The molecule has 0 saturated carbocycles. The third-order valence-electron chi connectivity index (χ3n) is 5.35. The minimum Gasteiger partial charge on any atom is -0.477 e. The molecule has 0 aliphatic heterocycles. The quantitative estimate of drug-likeness (QED) is 0.458. The van der Waals surface area contributed by atoms with E-state index in [1.807, 2.05) is 77.4 Å². The molecule has 0 unspecified atom stereocenters. The van der Waals surface area contributed by atoms with E-state index < -0.39 is 5.97 Å². The van der Waals surface area contributed by atoms with E-state index in [4.69, 9.17) is 0 Å². The van der Waals surface area contributed by atoms with Gasteiger partial charge >= 0.3 is 5.97 Å². The van der Waals surface area contributed by atoms with Crippen molar-refractivity contribution in [2.75, 3.05) is 0 Å². The molecule has 1 aromatic heterocycles. The molecule has 29 heavy (non-hydrogen) atoms. The van der Waals surface area contributed by atoms with Crippen LogP contribution in [0.5, 0.6) is 0 Å². The summed E-state index contributed by atoms with van der Waals surface area (Å²) < 4.78 is 1.91. The van der Waals surface area contributed by atoms with Crippen molar-refractivity contribution in [1.82, 2.24) is 9.88 Å². The number of aromatic carboxylic acids is 1. The van der Waals surface area contributed by atoms with E-state index in [0.717, 1.165) is 22.0 Å². The summed E-state index contributed by atoms with van der Waals surface area (Å²) in [4.78, 5) is 12.3. The molecule has 4 rings (SSSR count). The number of hydrogen-bond donors (Lipinski definition) is 2.